The Morgan fingerprint density at radius 1 is 1.10 bits per heavy atom. The molecule has 4 aromatic rings. The summed E-state index contributed by atoms with van der Waals surface area (Å²) in [7, 11) is 0. The molecular weight excluding hydrogens is 418 g/mol. The Morgan fingerprint density at radius 3 is 2.84 bits per heavy atom. The van der Waals surface area contributed by atoms with Crippen LogP contribution in [0, 0.1) is 17.6 Å². The average Bonchev–Trinajstić information content (AvgIpc) is 3.60. The molecule has 1 aliphatic heterocycles. The van der Waals surface area contributed by atoms with E-state index in [-0.39, 0.29) is 5.82 Å². The van der Waals surface area contributed by atoms with Crippen LogP contribution < -0.4 is 4.90 Å². The van der Waals surface area contributed by atoms with Gasteiger partial charge in [-0.3, -0.25) is 0 Å². The topological polar surface area (TPSA) is 59.2 Å². The number of fused-ring (bicyclic) bond motifs is 2. The first kappa shape index (κ1) is 17.7. The summed E-state index contributed by atoms with van der Waals surface area (Å²) in [5, 5.41) is 5.25. The molecule has 2 saturated carbocycles. The second-order valence-corrected chi connectivity index (χ2v) is 9.49. The molecule has 3 aromatic heterocycles. The normalized spacial score (nSPS) is 24.7. The summed E-state index contributed by atoms with van der Waals surface area (Å²) in [6, 6.07) is 5.65. The first-order valence-corrected chi connectivity index (χ1v) is 11.3. The third kappa shape index (κ3) is 2.52. The molecule has 0 unspecified atom stereocenters. The van der Waals surface area contributed by atoms with Gasteiger partial charge in [0.2, 0.25) is 0 Å². The Hall–Kier alpha value is -2.94. The highest BCUT2D eigenvalue weighted by molar-refractivity contribution is 7.09. The molecule has 6 nitrogen and oxygen atoms in total. The van der Waals surface area contributed by atoms with E-state index in [9.17, 15) is 8.78 Å². The SMILES string of the molecule is Fc1ccc(F)c([C@@]23C[C@@H]2CCN3c2ccn3ncc(-c4nc(C5CC5)ns4)c3n2)c1. The number of nitrogens with zero attached hydrogens (tertiary/aromatic N) is 6. The highest BCUT2D eigenvalue weighted by atomic mass is 32.1. The van der Waals surface area contributed by atoms with Gasteiger partial charge in [-0.05, 0) is 67.4 Å². The molecule has 7 rings (SSSR count). The highest BCUT2D eigenvalue weighted by Crippen LogP contribution is 2.63. The second-order valence-electron chi connectivity index (χ2n) is 8.73. The largest absolute Gasteiger partial charge is 0.346 e. The quantitative estimate of drug-likeness (QED) is 0.471. The van der Waals surface area contributed by atoms with Gasteiger partial charge in [0.1, 0.15) is 28.3 Å². The lowest BCUT2D eigenvalue weighted by atomic mass is 10.0. The minimum Gasteiger partial charge on any atom is -0.346 e. The fourth-order valence-corrected chi connectivity index (χ4v) is 5.85. The third-order valence-electron chi connectivity index (χ3n) is 6.90. The molecule has 2 aliphatic carbocycles. The summed E-state index contributed by atoms with van der Waals surface area (Å²) >= 11 is 1.38. The fourth-order valence-electron chi connectivity index (χ4n) is 5.11. The summed E-state index contributed by atoms with van der Waals surface area (Å²) < 4.78 is 34.9. The molecule has 1 saturated heterocycles. The zero-order valence-corrected chi connectivity index (χ0v) is 17.3. The molecule has 0 spiro atoms. The molecule has 9 heteroatoms. The smallest absolute Gasteiger partial charge is 0.167 e. The Balaban J connectivity index is 1.32. The van der Waals surface area contributed by atoms with Crippen molar-refractivity contribution in [3.8, 4) is 10.6 Å². The molecular formula is C22H18F2N6S. The molecule has 2 atom stereocenters. The molecule has 4 heterocycles. The van der Waals surface area contributed by atoms with E-state index in [4.69, 9.17) is 9.97 Å². The van der Waals surface area contributed by atoms with Gasteiger partial charge in [-0.25, -0.2) is 23.3 Å². The maximum Gasteiger partial charge on any atom is 0.167 e. The summed E-state index contributed by atoms with van der Waals surface area (Å²) in [5.74, 6) is 1.71. The first-order valence-electron chi connectivity index (χ1n) is 10.5. The van der Waals surface area contributed by atoms with E-state index in [0.717, 1.165) is 54.4 Å². The predicted molar refractivity (Wildman–Crippen MR) is 112 cm³/mol. The van der Waals surface area contributed by atoms with Crippen LogP contribution in [0.25, 0.3) is 16.2 Å². The van der Waals surface area contributed by atoms with E-state index in [1.807, 2.05) is 12.3 Å². The lowest BCUT2D eigenvalue weighted by Crippen LogP contribution is -2.34. The molecule has 3 fully saturated rings. The van der Waals surface area contributed by atoms with E-state index >= 15 is 0 Å². The van der Waals surface area contributed by atoms with Crippen LogP contribution in [0.1, 0.15) is 43.0 Å². The van der Waals surface area contributed by atoms with E-state index in [0.29, 0.717) is 23.0 Å². The molecule has 156 valence electrons. The van der Waals surface area contributed by atoms with Crippen molar-refractivity contribution in [2.24, 2.45) is 5.92 Å². The van der Waals surface area contributed by atoms with Crippen molar-refractivity contribution in [1.29, 1.82) is 0 Å². The summed E-state index contributed by atoms with van der Waals surface area (Å²) in [5.41, 5.74) is 1.47. The lowest BCUT2D eigenvalue weighted by Gasteiger charge is -2.30. The fraction of sp³-hybridized carbons (Fsp3) is 0.364. The number of benzene rings is 1. The van der Waals surface area contributed by atoms with Crippen LogP contribution in [0.2, 0.25) is 0 Å². The number of hydrogen-bond acceptors (Lipinski definition) is 6. The minimum atomic E-state index is -0.514. The van der Waals surface area contributed by atoms with Crippen molar-refractivity contribution in [2.45, 2.75) is 37.1 Å². The van der Waals surface area contributed by atoms with Crippen LogP contribution >= 0.6 is 11.5 Å². The standard InChI is InChI=1S/C22H18F2N6S/c23-14-3-4-17(24)16(9-14)22-10-13(22)5-7-29(22)18-6-8-30-20(26-18)15(11-25-30)21-27-19(28-31-21)12-1-2-12/h3-4,6,8-9,11-13H,1-2,5,7,10H2/t13-,22+/m0/s1. The van der Waals surface area contributed by atoms with Gasteiger partial charge in [-0.2, -0.15) is 9.47 Å². The van der Waals surface area contributed by atoms with Gasteiger partial charge in [0.25, 0.3) is 0 Å². The number of aromatic nitrogens is 5. The predicted octanol–water partition coefficient (Wildman–Crippen LogP) is 4.53. The number of anilines is 1. The molecule has 0 amide bonds. The van der Waals surface area contributed by atoms with Crippen molar-refractivity contribution in [1.82, 2.24) is 24.0 Å². The van der Waals surface area contributed by atoms with Crippen molar-refractivity contribution < 1.29 is 8.78 Å². The van der Waals surface area contributed by atoms with Gasteiger partial charge in [0.05, 0.1) is 17.3 Å². The summed E-state index contributed by atoms with van der Waals surface area (Å²) in [4.78, 5) is 11.8. The lowest BCUT2D eigenvalue weighted by molar-refractivity contribution is 0.544. The molecule has 31 heavy (non-hydrogen) atoms. The van der Waals surface area contributed by atoms with Gasteiger partial charge < -0.3 is 4.90 Å². The van der Waals surface area contributed by atoms with Gasteiger partial charge in [0, 0.05) is 24.2 Å². The zero-order valence-electron chi connectivity index (χ0n) is 16.5. The third-order valence-corrected chi connectivity index (χ3v) is 7.66. The maximum atomic E-state index is 14.7. The average molecular weight is 436 g/mol. The highest BCUT2D eigenvalue weighted by Gasteiger charge is 2.64. The van der Waals surface area contributed by atoms with Gasteiger partial charge in [-0.15, -0.1) is 0 Å². The van der Waals surface area contributed by atoms with Crippen molar-refractivity contribution in [3.63, 3.8) is 0 Å². The Bertz CT molecular complexity index is 1350. The van der Waals surface area contributed by atoms with E-state index in [1.165, 1.54) is 29.7 Å². The van der Waals surface area contributed by atoms with Gasteiger partial charge in [0.15, 0.2) is 5.65 Å². The molecule has 0 radical (unpaired) electrons. The van der Waals surface area contributed by atoms with Crippen LogP contribution in [0.3, 0.4) is 0 Å². The van der Waals surface area contributed by atoms with Crippen LogP contribution in [0.5, 0.6) is 0 Å². The van der Waals surface area contributed by atoms with Crippen molar-refractivity contribution >= 4 is 23.0 Å². The number of halogens is 2. The second kappa shape index (κ2) is 6.06. The Kier molecular flexibility index (Phi) is 3.46. The van der Waals surface area contributed by atoms with Gasteiger partial charge >= 0.3 is 0 Å². The number of piperidine rings is 1. The first-order chi connectivity index (χ1) is 15.1. The summed E-state index contributed by atoms with van der Waals surface area (Å²) in [6.07, 6.45) is 7.71. The number of hydrogen-bond donors (Lipinski definition) is 0. The minimum absolute atomic E-state index is 0.315. The molecule has 3 aliphatic rings. The van der Waals surface area contributed by atoms with Gasteiger partial charge in [-0.1, -0.05) is 0 Å². The van der Waals surface area contributed by atoms with E-state index in [1.54, 1.807) is 10.7 Å². The molecule has 0 N–H and O–H groups in total. The van der Waals surface area contributed by atoms with Crippen LogP contribution in [-0.4, -0.2) is 30.5 Å². The van der Waals surface area contributed by atoms with Crippen LogP contribution in [0.15, 0.2) is 36.7 Å². The van der Waals surface area contributed by atoms with E-state index < -0.39 is 11.4 Å². The Morgan fingerprint density at radius 2 is 2.00 bits per heavy atom. The maximum absolute atomic E-state index is 14.7. The Labute approximate surface area is 180 Å². The summed E-state index contributed by atoms with van der Waals surface area (Å²) in [6.45, 7) is 0.762. The molecule has 0 bridgehead atoms. The molecule has 1 aromatic carbocycles. The number of rotatable bonds is 4. The van der Waals surface area contributed by atoms with Crippen LogP contribution in [0.4, 0.5) is 14.6 Å². The monoisotopic (exact) mass is 436 g/mol. The van der Waals surface area contributed by atoms with Crippen molar-refractivity contribution in [3.05, 3.63) is 59.7 Å². The zero-order chi connectivity index (χ0) is 20.7. The van der Waals surface area contributed by atoms with E-state index in [2.05, 4.69) is 14.4 Å². The van der Waals surface area contributed by atoms with Crippen LogP contribution in [-0.2, 0) is 5.54 Å². The van der Waals surface area contributed by atoms with Crippen molar-refractivity contribution in [2.75, 3.05) is 11.4 Å².